The molecule has 0 N–H and O–H groups in total. The third kappa shape index (κ3) is 5.38. The monoisotopic (exact) mass is 477 g/mol. The molecule has 3 aromatic carbocycles. The standard InChI is InChI=1S/C26H23NO4S2/c1-18-8-6-7-11-21(18)27-25(28)24(33-26(27)32)17-19-12-13-22(23(16-19)29-2)31-15-14-30-20-9-4-3-5-10-20/h3-13,16-17H,14-15H2,1-2H3/b24-17-. The molecular weight excluding hydrogens is 454 g/mol. The van der Waals surface area contributed by atoms with Crippen LogP contribution < -0.4 is 19.1 Å². The quantitative estimate of drug-likeness (QED) is 0.230. The summed E-state index contributed by atoms with van der Waals surface area (Å²) in [7, 11) is 1.59. The minimum absolute atomic E-state index is 0.128. The maximum absolute atomic E-state index is 13.1. The lowest BCUT2D eigenvalue weighted by Crippen LogP contribution is -2.28. The van der Waals surface area contributed by atoms with Crippen LogP contribution in [0.4, 0.5) is 5.69 Å². The van der Waals surface area contributed by atoms with E-state index in [-0.39, 0.29) is 5.91 Å². The van der Waals surface area contributed by atoms with Gasteiger partial charge in [0.2, 0.25) is 0 Å². The summed E-state index contributed by atoms with van der Waals surface area (Å²) >= 11 is 6.78. The molecule has 0 bridgehead atoms. The summed E-state index contributed by atoms with van der Waals surface area (Å²) in [5.74, 6) is 1.86. The van der Waals surface area contributed by atoms with Gasteiger partial charge < -0.3 is 14.2 Å². The molecule has 1 saturated heterocycles. The number of thioether (sulfide) groups is 1. The van der Waals surface area contributed by atoms with Crippen LogP contribution in [0.5, 0.6) is 17.2 Å². The molecule has 7 heteroatoms. The van der Waals surface area contributed by atoms with Crippen LogP contribution in [-0.2, 0) is 4.79 Å². The van der Waals surface area contributed by atoms with Gasteiger partial charge in [0.1, 0.15) is 19.0 Å². The number of ether oxygens (including phenoxy) is 3. The zero-order valence-corrected chi connectivity index (χ0v) is 19.9. The second kappa shape index (κ2) is 10.6. The van der Waals surface area contributed by atoms with Gasteiger partial charge in [-0.25, -0.2) is 0 Å². The van der Waals surface area contributed by atoms with Crippen molar-refractivity contribution in [3.05, 3.63) is 88.8 Å². The number of rotatable bonds is 8. The van der Waals surface area contributed by atoms with Gasteiger partial charge in [-0.05, 0) is 54.5 Å². The molecule has 0 aromatic heterocycles. The Kier molecular flexibility index (Phi) is 7.32. The number of amides is 1. The first kappa shape index (κ1) is 22.9. The molecule has 0 atom stereocenters. The molecule has 1 heterocycles. The second-order valence-electron chi connectivity index (χ2n) is 7.22. The predicted octanol–water partition coefficient (Wildman–Crippen LogP) is 5.87. The van der Waals surface area contributed by atoms with Crippen LogP contribution >= 0.6 is 24.0 Å². The van der Waals surface area contributed by atoms with Crippen LogP contribution in [0.2, 0.25) is 0 Å². The second-order valence-corrected chi connectivity index (χ2v) is 8.90. The first-order valence-electron chi connectivity index (χ1n) is 10.4. The average Bonchev–Trinajstić information content (AvgIpc) is 3.11. The van der Waals surface area contributed by atoms with Crippen LogP contribution in [0.3, 0.4) is 0 Å². The number of aryl methyl sites for hydroxylation is 1. The Labute approximate surface area is 203 Å². The Hall–Kier alpha value is -3.29. The summed E-state index contributed by atoms with van der Waals surface area (Å²) in [4.78, 5) is 15.2. The highest BCUT2D eigenvalue weighted by molar-refractivity contribution is 8.27. The average molecular weight is 478 g/mol. The summed E-state index contributed by atoms with van der Waals surface area (Å²) < 4.78 is 17.5. The number of thiocarbonyl (C=S) groups is 1. The number of hydrogen-bond donors (Lipinski definition) is 0. The topological polar surface area (TPSA) is 48.0 Å². The minimum Gasteiger partial charge on any atom is -0.493 e. The lowest BCUT2D eigenvalue weighted by molar-refractivity contribution is -0.113. The number of benzene rings is 3. The van der Waals surface area contributed by atoms with Crippen LogP contribution in [0.15, 0.2) is 77.7 Å². The third-order valence-corrected chi connectivity index (χ3v) is 6.29. The van der Waals surface area contributed by atoms with Gasteiger partial charge in [-0.15, -0.1) is 0 Å². The molecule has 0 aliphatic carbocycles. The fraction of sp³-hybridized carbons (Fsp3) is 0.154. The van der Waals surface area contributed by atoms with Crippen LogP contribution in [0, 0.1) is 6.92 Å². The summed E-state index contributed by atoms with van der Waals surface area (Å²) in [6.45, 7) is 2.75. The van der Waals surface area contributed by atoms with E-state index in [4.69, 9.17) is 26.4 Å². The number of carbonyl (C=O) groups excluding carboxylic acids is 1. The van der Waals surface area contributed by atoms with E-state index in [9.17, 15) is 4.79 Å². The maximum Gasteiger partial charge on any atom is 0.270 e. The Bertz CT molecular complexity index is 1190. The highest BCUT2D eigenvalue weighted by Gasteiger charge is 2.33. The first-order chi connectivity index (χ1) is 16.1. The van der Waals surface area contributed by atoms with Crippen LogP contribution in [0.1, 0.15) is 11.1 Å². The van der Waals surface area contributed by atoms with E-state index >= 15 is 0 Å². The van der Waals surface area contributed by atoms with Crippen LogP contribution in [0.25, 0.3) is 6.08 Å². The van der Waals surface area contributed by atoms with Gasteiger partial charge in [-0.2, -0.15) is 0 Å². The molecule has 0 unspecified atom stereocenters. The van der Waals surface area contributed by atoms with E-state index in [0.29, 0.717) is 33.9 Å². The van der Waals surface area contributed by atoms with Crippen molar-refractivity contribution in [1.82, 2.24) is 0 Å². The lowest BCUT2D eigenvalue weighted by Gasteiger charge is -2.16. The Morgan fingerprint density at radius 2 is 1.67 bits per heavy atom. The molecule has 0 spiro atoms. The highest BCUT2D eigenvalue weighted by atomic mass is 32.2. The molecule has 4 rings (SSSR count). The van der Waals surface area contributed by atoms with Gasteiger partial charge in [0.25, 0.3) is 5.91 Å². The van der Waals surface area contributed by atoms with E-state index in [0.717, 1.165) is 22.6 Å². The van der Waals surface area contributed by atoms with Gasteiger partial charge in [0, 0.05) is 0 Å². The number of hydrogen-bond acceptors (Lipinski definition) is 6. The molecule has 1 amide bonds. The third-order valence-electron chi connectivity index (χ3n) is 4.99. The van der Waals surface area contributed by atoms with Crippen molar-refractivity contribution in [3.8, 4) is 17.2 Å². The van der Waals surface area contributed by atoms with Crippen molar-refractivity contribution < 1.29 is 19.0 Å². The normalized spacial score (nSPS) is 14.6. The Balaban J connectivity index is 1.44. The maximum atomic E-state index is 13.1. The zero-order valence-electron chi connectivity index (χ0n) is 18.3. The van der Waals surface area contributed by atoms with Gasteiger partial charge in [-0.1, -0.05) is 66.4 Å². The molecule has 0 radical (unpaired) electrons. The zero-order chi connectivity index (χ0) is 23.2. The largest absolute Gasteiger partial charge is 0.493 e. The van der Waals surface area contributed by atoms with E-state index in [1.807, 2.05) is 85.8 Å². The van der Waals surface area contributed by atoms with Crippen molar-refractivity contribution in [1.29, 1.82) is 0 Å². The van der Waals surface area contributed by atoms with Gasteiger partial charge >= 0.3 is 0 Å². The number of carbonyl (C=O) groups is 1. The smallest absolute Gasteiger partial charge is 0.270 e. The van der Waals surface area contributed by atoms with Crippen molar-refractivity contribution in [3.63, 3.8) is 0 Å². The molecule has 5 nitrogen and oxygen atoms in total. The van der Waals surface area contributed by atoms with Crippen molar-refractivity contribution in [2.45, 2.75) is 6.92 Å². The van der Waals surface area contributed by atoms with E-state index < -0.39 is 0 Å². The van der Waals surface area contributed by atoms with Gasteiger partial charge in [0.15, 0.2) is 15.8 Å². The van der Waals surface area contributed by atoms with Gasteiger partial charge in [-0.3, -0.25) is 9.69 Å². The number of para-hydroxylation sites is 2. The molecule has 1 fully saturated rings. The molecule has 1 aliphatic heterocycles. The summed E-state index contributed by atoms with van der Waals surface area (Å²) in [5, 5.41) is 0. The molecule has 3 aromatic rings. The van der Waals surface area contributed by atoms with Crippen LogP contribution in [-0.4, -0.2) is 30.6 Å². The predicted molar refractivity (Wildman–Crippen MR) is 137 cm³/mol. The summed E-state index contributed by atoms with van der Waals surface area (Å²) in [6, 6.07) is 22.9. The SMILES string of the molecule is COc1cc(/C=C2\SC(=S)N(c3ccccc3C)C2=O)ccc1OCCOc1ccccc1. The van der Waals surface area contributed by atoms with Crippen molar-refractivity contribution in [2.24, 2.45) is 0 Å². The van der Waals surface area contributed by atoms with Crippen molar-refractivity contribution >= 4 is 46.0 Å². The summed E-state index contributed by atoms with van der Waals surface area (Å²) in [6.07, 6.45) is 1.82. The number of nitrogens with zero attached hydrogens (tertiary/aromatic N) is 1. The molecular formula is C26H23NO4S2. The minimum atomic E-state index is -0.128. The fourth-order valence-electron chi connectivity index (χ4n) is 3.36. The molecule has 168 valence electrons. The fourth-order valence-corrected chi connectivity index (χ4v) is 4.65. The molecule has 33 heavy (non-hydrogen) atoms. The number of methoxy groups -OCH3 is 1. The number of anilines is 1. The van der Waals surface area contributed by atoms with Gasteiger partial charge in [0.05, 0.1) is 17.7 Å². The van der Waals surface area contributed by atoms with E-state index in [1.54, 1.807) is 12.0 Å². The van der Waals surface area contributed by atoms with Crippen molar-refractivity contribution in [2.75, 3.05) is 25.2 Å². The lowest BCUT2D eigenvalue weighted by atomic mass is 10.1. The highest BCUT2D eigenvalue weighted by Crippen LogP contribution is 2.38. The Morgan fingerprint density at radius 3 is 2.42 bits per heavy atom. The Morgan fingerprint density at radius 1 is 0.939 bits per heavy atom. The molecule has 1 aliphatic rings. The van der Waals surface area contributed by atoms with E-state index in [2.05, 4.69) is 0 Å². The molecule has 0 saturated carbocycles. The first-order valence-corrected chi connectivity index (χ1v) is 11.6. The summed E-state index contributed by atoms with van der Waals surface area (Å²) in [5.41, 5.74) is 2.63. The van der Waals surface area contributed by atoms with E-state index in [1.165, 1.54) is 11.8 Å².